The Hall–Kier alpha value is -1.85. The molecule has 4 nitrogen and oxygen atoms in total. The van der Waals surface area contributed by atoms with Gasteiger partial charge >= 0.3 is 6.43 Å². The summed E-state index contributed by atoms with van der Waals surface area (Å²) in [6, 6.07) is 5.00. The van der Waals surface area contributed by atoms with Crippen molar-refractivity contribution in [1.29, 1.82) is 0 Å². The molecule has 1 N–H and O–H groups in total. The van der Waals surface area contributed by atoms with Gasteiger partial charge in [-0.3, -0.25) is 4.79 Å². The Balaban J connectivity index is 1.98. The van der Waals surface area contributed by atoms with E-state index in [4.69, 9.17) is 9.47 Å². The van der Waals surface area contributed by atoms with E-state index < -0.39 is 12.3 Å². The van der Waals surface area contributed by atoms with Crippen molar-refractivity contribution >= 4 is 5.91 Å². The van der Waals surface area contributed by atoms with Gasteiger partial charge in [0.05, 0.1) is 0 Å². The quantitative estimate of drug-likeness (QED) is 0.849. The molecule has 16 heavy (non-hydrogen) atoms. The summed E-state index contributed by atoms with van der Waals surface area (Å²) in [6.07, 6.45) is -2.99. The first-order chi connectivity index (χ1) is 7.66. The van der Waals surface area contributed by atoms with Crippen molar-refractivity contribution in [2.75, 3.05) is 6.79 Å². The van der Waals surface area contributed by atoms with Gasteiger partial charge in [-0.1, -0.05) is 6.07 Å². The number of rotatable bonds is 3. The highest BCUT2D eigenvalue weighted by Crippen LogP contribution is 2.32. The molecule has 1 heterocycles. The summed E-state index contributed by atoms with van der Waals surface area (Å²) < 4.78 is 34.0. The van der Waals surface area contributed by atoms with Crippen molar-refractivity contribution in [3.05, 3.63) is 23.8 Å². The Bertz CT molecular complexity index is 409. The van der Waals surface area contributed by atoms with Crippen molar-refractivity contribution < 1.29 is 23.0 Å². The Kier molecular flexibility index (Phi) is 2.89. The van der Waals surface area contributed by atoms with Gasteiger partial charge in [-0.25, -0.2) is 0 Å². The normalized spacial score (nSPS) is 12.9. The smallest absolute Gasteiger partial charge is 0.315 e. The minimum absolute atomic E-state index is 0.0415. The zero-order valence-corrected chi connectivity index (χ0v) is 8.20. The zero-order chi connectivity index (χ0) is 11.5. The number of carbonyl (C=O) groups is 1. The molecule has 6 heteroatoms. The van der Waals surface area contributed by atoms with E-state index in [-0.39, 0.29) is 13.3 Å². The number of amides is 1. The third kappa shape index (κ3) is 2.21. The van der Waals surface area contributed by atoms with Gasteiger partial charge in [0.15, 0.2) is 11.5 Å². The summed E-state index contributed by atoms with van der Waals surface area (Å²) in [7, 11) is 0. The van der Waals surface area contributed by atoms with Crippen molar-refractivity contribution in [3.63, 3.8) is 0 Å². The van der Waals surface area contributed by atoms with Gasteiger partial charge in [-0.15, -0.1) is 0 Å². The molecule has 0 saturated carbocycles. The Morgan fingerprint density at radius 3 is 2.88 bits per heavy atom. The summed E-state index contributed by atoms with van der Waals surface area (Å²) >= 11 is 0. The average Bonchev–Trinajstić information content (AvgIpc) is 2.72. The van der Waals surface area contributed by atoms with E-state index in [0.29, 0.717) is 17.1 Å². The van der Waals surface area contributed by atoms with Gasteiger partial charge < -0.3 is 14.8 Å². The Morgan fingerprint density at radius 2 is 2.12 bits per heavy atom. The number of hydrogen-bond donors (Lipinski definition) is 1. The second kappa shape index (κ2) is 4.34. The van der Waals surface area contributed by atoms with Crippen LogP contribution in [0.2, 0.25) is 0 Å². The van der Waals surface area contributed by atoms with Crippen LogP contribution >= 0.6 is 0 Å². The number of alkyl halides is 2. The van der Waals surface area contributed by atoms with Crippen LogP contribution in [0.5, 0.6) is 11.5 Å². The maximum Gasteiger partial charge on any atom is 0.315 e. The second-order valence-corrected chi connectivity index (χ2v) is 3.21. The fourth-order valence-electron chi connectivity index (χ4n) is 1.32. The molecule has 0 radical (unpaired) electrons. The van der Waals surface area contributed by atoms with Crippen LogP contribution in [0.3, 0.4) is 0 Å². The molecule has 0 bridgehead atoms. The number of fused-ring (bicyclic) bond motifs is 1. The average molecular weight is 229 g/mol. The van der Waals surface area contributed by atoms with E-state index in [1.165, 1.54) is 0 Å². The topological polar surface area (TPSA) is 47.6 Å². The van der Waals surface area contributed by atoms with Crippen molar-refractivity contribution in [3.8, 4) is 11.5 Å². The lowest BCUT2D eigenvalue weighted by Gasteiger charge is -2.05. The van der Waals surface area contributed by atoms with E-state index in [2.05, 4.69) is 5.32 Å². The maximum absolute atomic E-state index is 11.9. The summed E-state index contributed by atoms with van der Waals surface area (Å²) in [6.45, 7) is 0.196. The van der Waals surface area contributed by atoms with Gasteiger partial charge in [0, 0.05) is 6.54 Å². The van der Waals surface area contributed by atoms with E-state index in [1.807, 2.05) is 0 Å². The molecule has 0 atom stereocenters. The van der Waals surface area contributed by atoms with E-state index in [9.17, 15) is 13.6 Å². The fraction of sp³-hybridized carbons (Fsp3) is 0.300. The van der Waals surface area contributed by atoms with E-state index >= 15 is 0 Å². The third-order valence-electron chi connectivity index (χ3n) is 2.10. The molecule has 0 fully saturated rings. The molecule has 0 unspecified atom stereocenters. The standard InChI is InChI=1S/C10H9F2NO3/c11-9(12)10(14)13-4-6-1-2-7-8(3-6)16-5-15-7/h1-3,9H,4-5H2,(H,13,14). The Labute approximate surface area is 90.2 Å². The highest BCUT2D eigenvalue weighted by Gasteiger charge is 2.16. The SMILES string of the molecule is O=C(NCc1ccc2c(c1)OCO2)C(F)F. The minimum atomic E-state index is -2.99. The van der Waals surface area contributed by atoms with Gasteiger partial charge in [-0.05, 0) is 17.7 Å². The van der Waals surface area contributed by atoms with Crippen molar-refractivity contribution in [1.82, 2.24) is 5.32 Å². The molecule has 1 aromatic carbocycles. The molecule has 1 aliphatic heterocycles. The lowest BCUT2D eigenvalue weighted by molar-refractivity contribution is -0.131. The van der Waals surface area contributed by atoms with Gasteiger partial charge in [0.25, 0.3) is 5.91 Å². The zero-order valence-electron chi connectivity index (χ0n) is 8.20. The van der Waals surface area contributed by atoms with Crippen LogP contribution in [0, 0.1) is 0 Å². The number of carbonyl (C=O) groups excluding carboxylic acids is 1. The molecule has 1 aliphatic rings. The monoisotopic (exact) mass is 229 g/mol. The predicted molar refractivity (Wildman–Crippen MR) is 50.4 cm³/mol. The van der Waals surface area contributed by atoms with Crippen molar-refractivity contribution in [2.24, 2.45) is 0 Å². The summed E-state index contributed by atoms with van der Waals surface area (Å²) in [5.41, 5.74) is 0.679. The fourth-order valence-corrected chi connectivity index (χ4v) is 1.32. The number of benzene rings is 1. The summed E-state index contributed by atoms with van der Waals surface area (Å²) in [4.78, 5) is 10.6. The van der Waals surface area contributed by atoms with Gasteiger partial charge in [0.1, 0.15) is 0 Å². The van der Waals surface area contributed by atoms with Crippen LogP contribution in [0.4, 0.5) is 8.78 Å². The number of ether oxygens (including phenoxy) is 2. The van der Waals surface area contributed by atoms with Crippen LogP contribution in [-0.2, 0) is 11.3 Å². The Morgan fingerprint density at radius 1 is 1.38 bits per heavy atom. The number of halogens is 2. The highest BCUT2D eigenvalue weighted by atomic mass is 19.3. The van der Waals surface area contributed by atoms with E-state index in [0.717, 1.165) is 0 Å². The highest BCUT2D eigenvalue weighted by molar-refractivity contribution is 5.79. The third-order valence-corrected chi connectivity index (χ3v) is 2.10. The molecule has 1 amide bonds. The lowest BCUT2D eigenvalue weighted by atomic mass is 10.2. The molecule has 0 aromatic heterocycles. The van der Waals surface area contributed by atoms with Gasteiger partial charge in [0.2, 0.25) is 6.79 Å². The van der Waals surface area contributed by atoms with Gasteiger partial charge in [-0.2, -0.15) is 8.78 Å². The molecule has 0 saturated heterocycles. The molecule has 1 aromatic rings. The molecule has 0 aliphatic carbocycles. The van der Waals surface area contributed by atoms with Crippen LogP contribution in [0.1, 0.15) is 5.56 Å². The lowest BCUT2D eigenvalue weighted by Crippen LogP contribution is -2.28. The predicted octanol–water partition coefficient (Wildman–Crippen LogP) is 1.30. The first kappa shape index (κ1) is 10.7. The van der Waals surface area contributed by atoms with E-state index in [1.54, 1.807) is 18.2 Å². The van der Waals surface area contributed by atoms with Crippen LogP contribution in [0.15, 0.2) is 18.2 Å². The summed E-state index contributed by atoms with van der Waals surface area (Å²) in [5, 5.41) is 2.10. The first-order valence-electron chi connectivity index (χ1n) is 4.61. The number of nitrogens with one attached hydrogen (secondary N) is 1. The largest absolute Gasteiger partial charge is 0.454 e. The summed E-state index contributed by atoms with van der Waals surface area (Å²) in [5.74, 6) is -0.106. The molecule has 2 rings (SSSR count). The molecule has 86 valence electrons. The van der Waals surface area contributed by atoms with Crippen LogP contribution < -0.4 is 14.8 Å². The molecular formula is C10H9F2NO3. The first-order valence-corrected chi connectivity index (χ1v) is 4.61. The second-order valence-electron chi connectivity index (χ2n) is 3.21. The molecule has 0 spiro atoms. The van der Waals surface area contributed by atoms with Crippen LogP contribution in [0.25, 0.3) is 0 Å². The minimum Gasteiger partial charge on any atom is -0.454 e. The molecular weight excluding hydrogens is 220 g/mol. The van der Waals surface area contributed by atoms with Crippen molar-refractivity contribution in [2.45, 2.75) is 13.0 Å². The number of hydrogen-bond acceptors (Lipinski definition) is 3. The maximum atomic E-state index is 11.9. The van der Waals surface area contributed by atoms with Crippen LogP contribution in [-0.4, -0.2) is 19.1 Å².